The zero-order chi connectivity index (χ0) is 15.2. The summed E-state index contributed by atoms with van der Waals surface area (Å²) in [4.78, 5) is 4.32. The normalized spacial score (nSPS) is 14.0. The minimum Gasteiger partial charge on any atom is -0.507 e. The van der Waals surface area contributed by atoms with Crippen LogP contribution >= 0.6 is 0 Å². The smallest absolute Gasteiger partial charge is 0.124 e. The molecule has 2 aromatic rings. The molecule has 0 spiro atoms. The average molecular weight is 285 g/mol. The van der Waals surface area contributed by atoms with Crippen molar-refractivity contribution in [2.45, 2.75) is 19.1 Å². The molecule has 0 saturated carbocycles. The van der Waals surface area contributed by atoms with Crippen LogP contribution in [0.25, 0.3) is 0 Å². The molecule has 2 rings (SSSR count). The van der Waals surface area contributed by atoms with Gasteiger partial charge >= 0.3 is 0 Å². The van der Waals surface area contributed by atoms with Gasteiger partial charge in [-0.2, -0.15) is 0 Å². The fourth-order valence-corrected chi connectivity index (χ4v) is 1.97. The molecule has 110 valence electrons. The Hall–Kier alpha value is -2.33. The zero-order valence-corrected chi connectivity index (χ0v) is 12.1. The lowest BCUT2D eigenvalue weighted by atomic mass is 10.0. The molecule has 4 nitrogen and oxygen atoms in total. The van der Waals surface area contributed by atoms with E-state index in [1.54, 1.807) is 31.5 Å². The van der Waals surface area contributed by atoms with Gasteiger partial charge in [-0.05, 0) is 30.7 Å². The van der Waals surface area contributed by atoms with Crippen LogP contribution < -0.4 is 4.74 Å². The molecule has 0 bridgehead atoms. The summed E-state index contributed by atoms with van der Waals surface area (Å²) in [6.07, 6.45) is 0.865. The monoisotopic (exact) mass is 285 g/mol. The third-order valence-electron chi connectivity index (χ3n) is 3.28. The van der Waals surface area contributed by atoms with Crippen LogP contribution in [0.3, 0.4) is 0 Å². The number of ether oxygens (including phenoxy) is 1. The first-order chi connectivity index (χ1) is 10.1. The predicted octanol–water partition coefficient (Wildman–Crippen LogP) is 2.94. The van der Waals surface area contributed by atoms with Gasteiger partial charge in [-0.25, -0.2) is 0 Å². The lowest BCUT2D eigenvalue weighted by molar-refractivity contribution is 0.154. The quantitative estimate of drug-likeness (QED) is 0.830. The van der Waals surface area contributed by atoms with Gasteiger partial charge in [-0.1, -0.05) is 30.3 Å². The summed E-state index contributed by atoms with van der Waals surface area (Å²) < 4.78 is 5.11. The lowest BCUT2D eigenvalue weighted by Crippen LogP contribution is -2.12. The van der Waals surface area contributed by atoms with Gasteiger partial charge in [0.25, 0.3) is 0 Å². The average Bonchev–Trinajstić information content (AvgIpc) is 2.54. The molecule has 0 aliphatic heterocycles. The second-order valence-electron chi connectivity index (χ2n) is 4.80. The Balaban J connectivity index is 2.13. The van der Waals surface area contributed by atoms with E-state index >= 15 is 0 Å². The first kappa shape index (κ1) is 15.1. The highest BCUT2D eigenvalue weighted by atomic mass is 16.5. The van der Waals surface area contributed by atoms with E-state index < -0.39 is 6.10 Å². The van der Waals surface area contributed by atoms with Gasteiger partial charge < -0.3 is 14.9 Å². The molecular formula is C17H19NO3. The van der Waals surface area contributed by atoms with Crippen LogP contribution in [0.5, 0.6) is 11.5 Å². The summed E-state index contributed by atoms with van der Waals surface area (Å²) >= 11 is 0. The van der Waals surface area contributed by atoms with E-state index in [0.717, 1.165) is 5.56 Å². The second-order valence-corrected chi connectivity index (χ2v) is 4.80. The molecular weight excluding hydrogens is 266 g/mol. The van der Waals surface area contributed by atoms with Crippen molar-refractivity contribution in [2.24, 2.45) is 4.99 Å². The summed E-state index contributed by atoms with van der Waals surface area (Å²) in [5.74, 6) is 0.770. The predicted molar refractivity (Wildman–Crippen MR) is 83.1 cm³/mol. The van der Waals surface area contributed by atoms with Gasteiger partial charge in [0, 0.05) is 11.8 Å². The van der Waals surface area contributed by atoms with E-state index in [9.17, 15) is 10.2 Å². The molecule has 0 unspecified atom stereocenters. The highest BCUT2D eigenvalue weighted by molar-refractivity contribution is 5.84. The molecule has 0 aromatic heterocycles. The second kappa shape index (κ2) is 6.90. The van der Waals surface area contributed by atoms with Gasteiger partial charge in [0.2, 0.25) is 0 Å². The SMILES string of the molecule is COc1ccc(O)c(C=N[C@@H](C)[C@H](O)c2ccccc2)c1. The molecule has 0 saturated heterocycles. The van der Waals surface area contributed by atoms with Crippen molar-refractivity contribution >= 4 is 6.21 Å². The molecule has 4 heteroatoms. The number of hydrogen-bond acceptors (Lipinski definition) is 4. The summed E-state index contributed by atoms with van der Waals surface area (Å²) in [5.41, 5.74) is 1.37. The number of aliphatic hydroxyl groups is 1. The summed E-state index contributed by atoms with van der Waals surface area (Å²) in [6.45, 7) is 1.82. The van der Waals surface area contributed by atoms with Crippen molar-refractivity contribution < 1.29 is 14.9 Å². The molecule has 0 aliphatic carbocycles. The zero-order valence-electron chi connectivity index (χ0n) is 12.1. The Kier molecular flexibility index (Phi) is 4.95. The van der Waals surface area contributed by atoms with Crippen LogP contribution in [0.4, 0.5) is 0 Å². The standard InChI is InChI=1S/C17H19NO3/c1-12(17(20)13-6-4-3-5-7-13)18-11-14-10-15(21-2)8-9-16(14)19/h3-12,17,19-20H,1-2H3/t12-,17-/m0/s1. The van der Waals surface area contributed by atoms with E-state index in [0.29, 0.717) is 11.3 Å². The fourth-order valence-electron chi connectivity index (χ4n) is 1.97. The van der Waals surface area contributed by atoms with Crippen molar-refractivity contribution in [2.75, 3.05) is 7.11 Å². The third kappa shape index (κ3) is 3.83. The summed E-state index contributed by atoms with van der Waals surface area (Å²) in [6, 6.07) is 14.0. The number of hydrogen-bond donors (Lipinski definition) is 2. The number of rotatable bonds is 5. The van der Waals surface area contributed by atoms with Crippen LogP contribution in [-0.4, -0.2) is 29.6 Å². The number of aliphatic hydroxyl groups excluding tert-OH is 1. The van der Waals surface area contributed by atoms with Gasteiger partial charge in [-0.15, -0.1) is 0 Å². The fraction of sp³-hybridized carbons (Fsp3) is 0.235. The Morgan fingerprint density at radius 3 is 2.52 bits per heavy atom. The molecule has 0 radical (unpaired) electrons. The highest BCUT2D eigenvalue weighted by Crippen LogP contribution is 2.22. The minimum absolute atomic E-state index is 0.126. The van der Waals surface area contributed by atoms with Crippen molar-refractivity contribution in [1.29, 1.82) is 0 Å². The Labute approximate surface area is 124 Å². The van der Waals surface area contributed by atoms with Crippen LogP contribution in [0, 0.1) is 0 Å². The van der Waals surface area contributed by atoms with E-state index in [-0.39, 0.29) is 11.8 Å². The van der Waals surface area contributed by atoms with Gasteiger partial charge in [0.15, 0.2) is 0 Å². The maximum atomic E-state index is 10.2. The van der Waals surface area contributed by atoms with Crippen LogP contribution in [0.15, 0.2) is 53.5 Å². The topological polar surface area (TPSA) is 62.0 Å². The molecule has 0 aliphatic rings. The van der Waals surface area contributed by atoms with Crippen molar-refractivity contribution in [3.63, 3.8) is 0 Å². The van der Waals surface area contributed by atoms with E-state index in [2.05, 4.69) is 4.99 Å². The number of aliphatic imine (C=N–C) groups is 1. The first-order valence-electron chi connectivity index (χ1n) is 6.75. The number of methoxy groups -OCH3 is 1. The number of benzene rings is 2. The number of nitrogens with zero attached hydrogens (tertiary/aromatic N) is 1. The van der Waals surface area contributed by atoms with E-state index in [4.69, 9.17) is 4.74 Å². The first-order valence-corrected chi connectivity index (χ1v) is 6.75. The number of phenols is 1. The Bertz CT molecular complexity index is 611. The van der Waals surface area contributed by atoms with Crippen LogP contribution in [-0.2, 0) is 0 Å². The van der Waals surface area contributed by atoms with Crippen molar-refractivity contribution in [3.05, 3.63) is 59.7 Å². The Morgan fingerprint density at radius 2 is 1.86 bits per heavy atom. The third-order valence-corrected chi connectivity index (χ3v) is 3.28. The summed E-state index contributed by atoms with van der Waals surface area (Å²) in [5, 5.41) is 20.0. The largest absolute Gasteiger partial charge is 0.507 e. The molecule has 0 amide bonds. The maximum Gasteiger partial charge on any atom is 0.124 e. The van der Waals surface area contributed by atoms with E-state index in [1.165, 1.54) is 0 Å². The minimum atomic E-state index is -0.685. The van der Waals surface area contributed by atoms with Gasteiger partial charge in [-0.3, -0.25) is 4.99 Å². The van der Waals surface area contributed by atoms with Gasteiger partial charge in [0.05, 0.1) is 13.2 Å². The molecule has 2 aromatic carbocycles. The molecule has 2 atom stereocenters. The Morgan fingerprint density at radius 1 is 1.14 bits per heavy atom. The molecule has 0 fully saturated rings. The van der Waals surface area contributed by atoms with Gasteiger partial charge in [0.1, 0.15) is 17.6 Å². The van der Waals surface area contributed by atoms with Crippen molar-refractivity contribution in [1.82, 2.24) is 0 Å². The van der Waals surface area contributed by atoms with E-state index in [1.807, 2.05) is 37.3 Å². The summed E-state index contributed by atoms with van der Waals surface area (Å²) in [7, 11) is 1.56. The number of phenolic OH excluding ortho intramolecular Hbond substituents is 1. The van der Waals surface area contributed by atoms with Crippen molar-refractivity contribution in [3.8, 4) is 11.5 Å². The highest BCUT2D eigenvalue weighted by Gasteiger charge is 2.14. The lowest BCUT2D eigenvalue weighted by Gasteiger charge is -2.15. The number of aromatic hydroxyl groups is 1. The van der Waals surface area contributed by atoms with Crippen LogP contribution in [0.1, 0.15) is 24.2 Å². The molecule has 21 heavy (non-hydrogen) atoms. The van der Waals surface area contributed by atoms with Crippen LogP contribution in [0.2, 0.25) is 0 Å². The molecule has 0 heterocycles. The molecule has 2 N–H and O–H groups in total. The maximum absolute atomic E-state index is 10.2.